The van der Waals surface area contributed by atoms with E-state index in [1.165, 1.54) is 12.1 Å². The van der Waals surface area contributed by atoms with E-state index < -0.39 is 0 Å². The summed E-state index contributed by atoms with van der Waals surface area (Å²) >= 11 is 16.8. The molecular weight excluding hydrogens is 371 g/mol. The predicted octanol–water partition coefficient (Wildman–Crippen LogP) is 4.33. The van der Waals surface area contributed by atoms with Crippen molar-refractivity contribution in [1.29, 1.82) is 0 Å². The monoisotopic (exact) mass is 378 g/mol. The molecule has 0 fully saturated rings. The van der Waals surface area contributed by atoms with Crippen LogP contribution >= 0.6 is 50.5 Å². The third-order valence-electron chi connectivity index (χ3n) is 2.35. The van der Waals surface area contributed by atoms with Gasteiger partial charge in [0.25, 0.3) is 5.91 Å². The number of hydrogen-bond donors (Lipinski definition) is 2. The highest BCUT2D eigenvalue weighted by Gasteiger charge is 2.14. The van der Waals surface area contributed by atoms with E-state index in [1.54, 1.807) is 11.3 Å². The Morgan fingerprint density at radius 1 is 1.37 bits per heavy atom. The lowest BCUT2D eigenvalue weighted by molar-refractivity contribution is 0.0951. The van der Waals surface area contributed by atoms with Gasteiger partial charge in [0.05, 0.1) is 25.9 Å². The van der Waals surface area contributed by atoms with Crippen molar-refractivity contribution in [2.24, 2.45) is 0 Å². The van der Waals surface area contributed by atoms with Gasteiger partial charge >= 0.3 is 0 Å². The van der Waals surface area contributed by atoms with Crippen LogP contribution in [0.15, 0.2) is 28.1 Å². The van der Waals surface area contributed by atoms with E-state index in [2.05, 4.69) is 21.2 Å². The lowest BCUT2D eigenvalue weighted by Gasteiger charge is -2.08. The Morgan fingerprint density at radius 3 is 2.74 bits per heavy atom. The Kier molecular flexibility index (Phi) is 4.73. The largest absolute Gasteiger partial charge is 0.399 e. The van der Waals surface area contributed by atoms with Crippen molar-refractivity contribution in [2.75, 3.05) is 5.73 Å². The number of anilines is 1. The second-order valence-electron chi connectivity index (χ2n) is 3.75. The van der Waals surface area contributed by atoms with Gasteiger partial charge in [0.2, 0.25) is 0 Å². The van der Waals surface area contributed by atoms with Crippen LogP contribution in [0.4, 0.5) is 5.69 Å². The number of thiophene rings is 1. The van der Waals surface area contributed by atoms with E-state index in [0.717, 1.165) is 8.66 Å². The minimum Gasteiger partial charge on any atom is -0.399 e. The molecule has 3 N–H and O–H groups in total. The number of halogens is 3. The van der Waals surface area contributed by atoms with Crippen molar-refractivity contribution in [3.8, 4) is 0 Å². The van der Waals surface area contributed by atoms with Crippen molar-refractivity contribution < 1.29 is 4.79 Å². The van der Waals surface area contributed by atoms with Crippen LogP contribution in [0.25, 0.3) is 0 Å². The number of nitrogen functional groups attached to an aromatic ring is 1. The Bertz CT molecular complexity index is 630. The first-order valence-corrected chi connectivity index (χ1v) is 7.61. The summed E-state index contributed by atoms with van der Waals surface area (Å²) in [6.07, 6.45) is 0. The standard InChI is InChI=1S/C12H9BrCl2N2OS/c13-10-2-1-7(19-10)5-17-12(18)8-3-6(16)4-9(14)11(8)15/h1-4H,5,16H2,(H,17,18). The molecule has 1 heterocycles. The maximum Gasteiger partial charge on any atom is 0.253 e. The van der Waals surface area contributed by atoms with Gasteiger partial charge in [0, 0.05) is 10.6 Å². The SMILES string of the molecule is Nc1cc(Cl)c(Cl)c(C(=O)NCc2ccc(Br)s2)c1. The summed E-state index contributed by atoms with van der Waals surface area (Å²) in [4.78, 5) is 13.1. The van der Waals surface area contributed by atoms with Crippen LogP contribution in [0.5, 0.6) is 0 Å². The molecule has 0 spiro atoms. The van der Waals surface area contributed by atoms with Crippen molar-refractivity contribution >= 4 is 62.1 Å². The Labute approximate surface area is 132 Å². The molecule has 0 aliphatic carbocycles. The average molecular weight is 380 g/mol. The van der Waals surface area contributed by atoms with Crippen LogP contribution < -0.4 is 11.1 Å². The second-order valence-corrected chi connectivity index (χ2v) is 7.09. The zero-order valence-corrected chi connectivity index (χ0v) is 13.5. The Hall–Kier alpha value is -0.750. The first-order chi connectivity index (χ1) is 8.97. The molecule has 19 heavy (non-hydrogen) atoms. The van der Waals surface area contributed by atoms with E-state index in [-0.39, 0.29) is 21.5 Å². The molecule has 0 aliphatic heterocycles. The number of nitrogens with one attached hydrogen (secondary N) is 1. The molecule has 2 rings (SSSR count). The van der Waals surface area contributed by atoms with E-state index in [4.69, 9.17) is 28.9 Å². The molecule has 1 amide bonds. The van der Waals surface area contributed by atoms with Gasteiger partial charge in [-0.1, -0.05) is 23.2 Å². The molecule has 3 nitrogen and oxygen atoms in total. The molecule has 0 unspecified atom stereocenters. The molecule has 1 aromatic carbocycles. The number of rotatable bonds is 3. The number of hydrogen-bond acceptors (Lipinski definition) is 3. The molecule has 0 saturated carbocycles. The van der Waals surface area contributed by atoms with Crippen LogP contribution in [0.1, 0.15) is 15.2 Å². The van der Waals surface area contributed by atoms with Crippen LogP contribution in [-0.2, 0) is 6.54 Å². The van der Waals surface area contributed by atoms with E-state index in [9.17, 15) is 4.79 Å². The van der Waals surface area contributed by atoms with Gasteiger partial charge in [0.15, 0.2) is 0 Å². The molecule has 7 heteroatoms. The predicted molar refractivity (Wildman–Crippen MR) is 84.1 cm³/mol. The number of amides is 1. The summed E-state index contributed by atoms with van der Waals surface area (Å²) in [5.74, 6) is -0.302. The van der Waals surface area contributed by atoms with E-state index in [0.29, 0.717) is 12.2 Å². The van der Waals surface area contributed by atoms with Gasteiger partial charge in [0.1, 0.15) is 0 Å². The van der Waals surface area contributed by atoms with Crippen molar-refractivity contribution in [3.05, 3.63) is 48.5 Å². The summed E-state index contributed by atoms with van der Waals surface area (Å²) in [5.41, 5.74) is 6.33. The van der Waals surface area contributed by atoms with Crippen LogP contribution in [0.2, 0.25) is 10.0 Å². The molecule has 0 bridgehead atoms. The van der Waals surface area contributed by atoms with E-state index >= 15 is 0 Å². The summed E-state index contributed by atoms with van der Waals surface area (Å²) in [7, 11) is 0. The third-order valence-corrected chi connectivity index (χ3v) is 4.77. The lowest BCUT2D eigenvalue weighted by Crippen LogP contribution is -2.22. The number of carbonyl (C=O) groups is 1. The topological polar surface area (TPSA) is 55.1 Å². The summed E-state index contributed by atoms with van der Waals surface area (Å²) < 4.78 is 1.02. The third kappa shape index (κ3) is 3.63. The van der Waals surface area contributed by atoms with Crippen molar-refractivity contribution in [1.82, 2.24) is 5.32 Å². The highest BCUT2D eigenvalue weighted by Crippen LogP contribution is 2.29. The van der Waals surface area contributed by atoms with Gasteiger partial charge < -0.3 is 11.1 Å². The molecule has 0 atom stereocenters. The molecule has 0 radical (unpaired) electrons. The molecular formula is C12H9BrCl2N2OS. The lowest BCUT2D eigenvalue weighted by atomic mass is 10.2. The Balaban J connectivity index is 2.12. The molecule has 0 aliphatic rings. The molecule has 0 saturated heterocycles. The van der Waals surface area contributed by atoms with Gasteiger partial charge in [-0.05, 0) is 40.2 Å². The van der Waals surface area contributed by atoms with Crippen LogP contribution in [0.3, 0.4) is 0 Å². The normalized spacial score (nSPS) is 10.5. The first kappa shape index (κ1) is 14.7. The number of carbonyl (C=O) groups excluding carboxylic acids is 1. The highest BCUT2D eigenvalue weighted by molar-refractivity contribution is 9.11. The van der Waals surface area contributed by atoms with Crippen molar-refractivity contribution in [2.45, 2.75) is 6.54 Å². The average Bonchev–Trinajstić information content (AvgIpc) is 2.76. The highest BCUT2D eigenvalue weighted by atomic mass is 79.9. The summed E-state index contributed by atoms with van der Waals surface area (Å²) in [5, 5.41) is 3.25. The first-order valence-electron chi connectivity index (χ1n) is 5.24. The smallest absolute Gasteiger partial charge is 0.253 e. The van der Waals surface area contributed by atoms with Gasteiger partial charge in [-0.15, -0.1) is 11.3 Å². The number of nitrogens with two attached hydrogens (primary N) is 1. The maximum absolute atomic E-state index is 12.0. The number of benzene rings is 1. The van der Waals surface area contributed by atoms with Crippen LogP contribution in [0, 0.1) is 0 Å². The van der Waals surface area contributed by atoms with Gasteiger partial charge in [-0.25, -0.2) is 0 Å². The van der Waals surface area contributed by atoms with Gasteiger partial charge in [-0.2, -0.15) is 0 Å². The van der Waals surface area contributed by atoms with Crippen LogP contribution in [-0.4, -0.2) is 5.91 Å². The fourth-order valence-corrected chi connectivity index (χ4v) is 3.33. The summed E-state index contributed by atoms with van der Waals surface area (Å²) in [6, 6.07) is 6.88. The zero-order chi connectivity index (χ0) is 14.0. The Morgan fingerprint density at radius 2 is 2.11 bits per heavy atom. The fourth-order valence-electron chi connectivity index (χ4n) is 1.48. The molecule has 100 valence electrons. The van der Waals surface area contributed by atoms with Gasteiger partial charge in [-0.3, -0.25) is 4.79 Å². The minimum atomic E-state index is -0.302. The van der Waals surface area contributed by atoms with E-state index in [1.807, 2.05) is 12.1 Å². The minimum absolute atomic E-state index is 0.209. The molecule has 1 aromatic heterocycles. The zero-order valence-electron chi connectivity index (χ0n) is 9.54. The quantitative estimate of drug-likeness (QED) is 0.779. The van der Waals surface area contributed by atoms with Crippen molar-refractivity contribution in [3.63, 3.8) is 0 Å². The molecule has 2 aromatic rings. The summed E-state index contributed by atoms with van der Waals surface area (Å²) in [6.45, 7) is 0.428. The second kappa shape index (κ2) is 6.13. The maximum atomic E-state index is 12.0. The fraction of sp³-hybridized carbons (Fsp3) is 0.0833.